The number of carbonyl (C=O) groups excluding carboxylic acids is 2. The lowest BCUT2D eigenvalue weighted by Gasteiger charge is -2.31. The average molecular weight is 508 g/mol. The number of carbonyl (C=O) groups is 2. The maximum atomic E-state index is 13.4. The van der Waals surface area contributed by atoms with Gasteiger partial charge in [-0.15, -0.1) is 11.8 Å². The van der Waals surface area contributed by atoms with E-state index < -0.39 is 6.04 Å². The van der Waals surface area contributed by atoms with Crippen molar-refractivity contribution in [2.24, 2.45) is 0 Å². The van der Waals surface area contributed by atoms with E-state index in [1.54, 1.807) is 28.8 Å². The minimum Gasteiger partial charge on any atom is -0.352 e. The summed E-state index contributed by atoms with van der Waals surface area (Å²) in [7, 11) is 0. The largest absolute Gasteiger partial charge is 0.352 e. The molecule has 0 radical (unpaired) electrons. The predicted octanol–water partition coefficient (Wildman–Crippen LogP) is 6.40. The number of thioether (sulfide) groups is 1. The van der Waals surface area contributed by atoms with Gasteiger partial charge in [0.15, 0.2) is 0 Å². The molecule has 1 aliphatic carbocycles. The van der Waals surface area contributed by atoms with Gasteiger partial charge < -0.3 is 10.2 Å². The molecule has 2 aromatic rings. The standard InChI is InChI=1S/C26H32Cl2N2O2S/c1-3-24(26(32)29-22-10-6-7-11-22)30(15-19-12-13-21(27)14-23(19)28)25(31)17-33-16-20-9-5-4-8-18(20)2/h4-5,8-9,12-14,22,24H,3,6-7,10-11,15-17H2,1-2H3,(H,29,32). The topological polar surface area (TPSA) is 49.4 Å². The number of amides is 2. The Morgan fingerprint density at radius 3 is 2.52 bits per heavy atom. The molecule has 0 aromatic heterocycles. The van der Waals surface area contributed by atoms with E-state index in [2.05, 4.69) is 24.4 Å². The second-order valence-electron chi connectivity index (χ2n) is 8.59. The van der Waals surface area contributed by atoms with Crippen LogP contribution in [-0.2, 0) is 21.9 Å². The number of hydrogen-bond donors (Lipinski definition) is 1. The number of nitrogens with zero attached hydrogens (tertiary/aromatic N) is 1. The Labute approximate surface area is 211 Å². The first-order valence-corrected chi connectivity index (χ1v) is 13.5. The number of benzene rings is 2. The zero-order valence-electron chi connectivity index (χ0n) is 19.3. The van der Waals surface area contributed by atoms with Crippen LogP contribution in [0.3, 0.4) is 0 Å². The molecule has 0 saturated heterocycles. The Morgan fingerprint density at radius 2 is 1.85 bits per heavy atom. The summed E-state index contributed by atoms with van der Waals surface area (Å²) in [5.41, 5.74) is 3.21. The van der Waals surface area contributed by atoms with E-state index in [1.165, 1.54) is 11.1 Å². The van der Waals surface area contributed by atoms with Crippen molar-refractivity contribution >= 4 is 46.8 Å². The molecule has 33 heavy (non-hydrogen) atoms. The molecule has 1 fully saturated rings. The highest BCUT2D eigenvalue weighted by Crippen LogP contribution is 2.25. The fraction of sp³-hybridized carbons (Fsp3) is 0.462. The number of aryl methyl sites for hydroxylation is 1. The average Bonchev–Trinajstić information content (AvgIpc) is 3.29. The highest BCUT2D eigenvalue weighted by Gasteiger charge is 2.30. The van der Waals surface area contributed by atoms with Gasteiger partial charge in [-0.05, 0) is 55.0 Å². The van der Waals surface area contributed by atoms with Crippen LogP contribution >= 0.6 is 35.0 Å². The predicted molar refractivity (Wildman–Crippen MR) is 139 cm³/mol. The highest BCUT2D eigenvalue weighted by molar-refractivity contribution is 7.99. The van der Waals surface area contributed by atoms with E-state index in [-0.39, 0.29) is 24.4 Å². The first-order valence-electron chi connectivity index (χ1n) is 11.5. The minimum atomic E-state index is -0.538. The van der Waals surface area contributed by atoms with Gasteiger partial charge in [-0.3, -0.25) is 9.59 Å². The van der Waals surface area contributed by atoms with Crippen LogP contribution in [0.2, 0.25) is 10.0 Å². The summed E-state index contributed by atoms with van der Waals surface area (Å²) >= 11 is 14.0. The number of hydrogen-bond acceptors (Lipinski definition) is 3. The van der Waals surface area contributed by atoms with Crippen molar-refractivity contribution < 1.29 is 9.59 Å². The molecule has 1 aliphatic rings. The van der Waals surface area contributed by atoms with Gasteiger partial charge in [0.05, 0.1) is 5.75 Å². The molecular formula is C26H32Cl2N2O2S. The summed E-state index contributed by atoms with van der Waals surface area (Å²) in [5, 5.41) is 4.21. The molecule has 7 heteroatoms. The third kappa shape index (κ3) is 7.40. The van der Waals surface area contributed by atoms with Crippen molar-refractivity contribution in [2.75, 3.05) is 5.75 Å². The van der Waals surface area contributed by atoms with Crippen LogP contribution in [0.15, 0.2) is 42.5 Å². The quantitative estimate of drug-likeness (QED) is 0.405. The number of nitrogens with one attached hydrogen (secondary N) is 1. The van der Waals surface area contributed by atoms with Crippen LogP contribution in [-0.4, -0.2) is 34.6 Å². The second kappa shape index (κ2) is 12.7. The maximum Gasteiger partial charge on any atom is 0.243 e. The van der Waals surface area contributed by atoms with Crippen molar-refractivity contribution in [2.45, 2.75) is 70.3 Å². The maximum absolute atomic E-state index is 13.4. The number of rotatable bonds is 10. The molecule has 1 unspecified atom stereocenters. The van der Waals surface area contributed by atoms with E-state index in [4.69, 9.17) is 23.2 Å². The molecule has 0 bridgehead atoms. The summed E-state index contributed by atoms with van der Waals surface area (Å²) in [6.07, 6.45) is 4.83. The SMILES string of the molecule is CCC(C(=O)NC1CCCC1)N(Cc1ccc(Cl)cc1Cl)C(=O)CSCc1ccccc1C. The molecule has 2 aromatic carbocycles. The zero-order valence-corrected chi connectivity index (χ0v) is 21.6. The van der Waals surface area contributed by atoms with E-state index >= 15 is 0 Å². The third-order valence-electron chi connectivity index (χ3n) is 6.19. The fourth-order valence-corrected chi connectivity index (χ4v) is 5.68. The van der Waals surface area contributed by atoms with Gasteiger partial charge in [-0.1, -0.05) is 73.3 Å². The first kappa shape index (κ1) is 25.9. The molecule has 178 valence electrons. The lowest BCUT2D eigenvalue weighted by atomic mass is 10.1. The molecule has 4 nitrogen and oxygen atoms in total. The van der Waals surface area contributed by atoms with Crippen molar-refractivity contribution in [3.63, 3.8) is 0 Å². The zero-order chi connectivity index (χ0) is 23.8. The van der Waals surface area contributed by atoms with Gasteiger partial charge in [-0.25, -0.2) is 0 Å². The Balaban J connectivity index is 1.74. The van der Waals surface area contributed by atoms with Gasteiger partial charge in [0.2, 0.25) is 11.8 Å². The van der Waals surface area contributed by atoms with Gasteiger partial charge >= 0.3 is 0 Å². The van der Waals surface area contributed by atoms with Gasteiger partial charge in [-0.2, -0.15) is 0 Å². The lowest BCUT2D eigenvalue weighted by molar-refractivity contribution is -0.139. The van der Waals surface area contributed by atoms with E-state index in [0.717, 1.165) is 37.0 Å². The Bertz CT molecular complexity index is 963. The second-order valence-corrected chi connectivity index (χ2v) is 10.4. The van der Waals surface area contributed by atoms with Gasteiger partial charge in [0.25, 0.3) is 0 Å². The summed E-state index contributed by atoms with van der Waals surface area (Å²) in [6, 6.07) is 13.1. The van der Waals surface area contributed by atoms with Crippen LogP contribution in [0.25, 0.3) is 0 Å². The molecule has 3 rings (SSSR count). The van der Waals surface area contributed by atoms with Crippen LogP contribution in [0.4, 0.5) is 0 Å². The summed E-state index contributed by atoms with van der Waals surface area (Å²) in [4.78, 5) is 28.3. The van der Waals surface area contributed by atoms with Crippen molar-refractivity contribution in [3.8, 4) is 0 Å². The Morgan fingerprint density at radius 1 is 1.12 bits per heavy atom. The molecule has 2 amide bonds. The highest BCUT2D eigenvalue weighted by atomic mass is 35.5. The monoisotopic (exact) mass is 506 g/mol. The molecular weight excluding hydrogens is 475 g/mol. The normalized spacial score (nSPS) is 14.8. The third-order valence-corrected chi connectivity index (χ3v) is 7.74. The molecule has 1 N–H and O–H groups in total. The molecule has 0 aliphatic heterocycles. The fourth-order valence-electron chi connectivity index (χ4n) is 4.22. The first-order chi connectivity index (χ1) is 15.9. The minimum absolute atomic E-state index is 0.0620. The summed E-state index contributed by atoms with van der Waals surface area (Å²) < 4.78 is 0. The van der Waals surface area contributed by atoms with Crippen LogP contribution < -0.4 is 5.32 Å². The van der Waals surface area contributed by atoms with Crippen LogP contribution in [0.1, 0.15) is 55.7 Å². The lowest BCUT2D eigenvalue weighted by Crippen LogP contribution is -2.51. The molecule has 0 heterocycles. The van der Waals surface area contributed by atoms with Crippen molar-refractivity contribution in [1.82, 2.24) is 10.2 Å². The Kier molecular flexibility index (Phi) is 9.96. The molecule has 0 spiro atoms. The van der Waals surface area contributed by atoms with E-state index in [1.807, 2.05) is 25.1 Å². The van der Waals surface area contributed by atoms with E-state index in [9.17, 15) is 9.59 Å². The van der Waals surface area contributed by atoms with Gasteiger partial charge in [0.1, 0.15) is 6.04 Å². The number of halogens is 2. The van der Waals surface area contributed by atoms with Crippen LogP contribution in [0.5, 0.6) is 0 Å². The molecule has 1 saturated carbocycles. The van der Waals surface area contributed by atoms with Crippen molar-refractivity contribution in [3.05, 3.63) is 69.2 Å². The van der Waals surface area contributed by atoms with Gasteiger partial charge in [0, 0.05) is 28.4 Å². The summed E-state index contributed by atoms with van der Waals surface area (Å²) in [5.74, 6) is 0.908. The summed E-state index contributed by atoms with van der Waals surface area (Å²) in [6.45, 7) is 4.30. The Hall–Kier alpha value is -1.69. The smallest absolute Gasteiger partial charge is 0.243 e. The van der Waals surface area contributed by atoms with E-state index in [0.29, 0.717) is 22.2 Å². The molecule has 1 atom stereocenters. The van der Waals surface area contributed by atoms with Crippen LogP contribution in [0, 0.1) is 6.92 Å². The van der Waals surface area contributed by atoms with Crippen molar-refractivity contribution in [1.29, 1.82) is 0 Å².